The molecule has 0 aliphatic carbocycles. The highest BCUT2D eigenvalue weighted by molar-refractivity contribution is 5.99. The van der Waals surface area contributed by atoms with Gasteiger partial charge >= 0.3 is 6.09 Å². The molecule has 3 atom stereocenters. The van der Waals surface area contributed by atoms with Gasteiger partial charge in [-0.2, -0.15) is 5.26 Å². The van der Waals surface area contributed by atoms with Crippen LogP contribution in [0.15, 0.2) is 42.5 Å². The van der Waals surface area contributed by atoms with Gasteiger partial charge in [0.1, 0.15) is 24.2 Å². The Bertz CT molecular complexity index is 1200. The van der Waals surface area contributed by atoms with Gasteiger partial charge in [-0.15, -0.1) is 0 Å². The summed E-state index contributed by atoms with van der Waals surface area (Å²) in [5.41, 5.74) is 3.12. The van der Waals surface area contributed by atoms with E-state index in [2.05, 4.69) is 10.6 Å². The number of para-hydroxylation sites is 1. The van der Waals surface area contributed by atoms with E-state index in [0.29, 0.717) is 17.7 Å². The Morgan fingerprint density at radius 3 is 2.24 bits per heavy atom. The van der Waals surface area contributed by atoms with Crippen molar-refractivity contribution in [3.63, 3.8) is 0 Å². The van der Waals surface area contributed by atoms with E-state index in [0.717, 1.165) is 16.7 Å². The molecule has 2 aromatic carbocycles. The second kappa shape index (κ2) is 13.1. The minimum absolute atomic E-state index is 0.283. The molecule has 2 N–H and O–H groups in total. The Balaban J connectivity index is 2.60. The number of hydrogen-bond donors (Lipinski definition) is 2. The largest absolute Gasteiger partial charge is 0.444 e. The number of amides is 3. The monoisotopic (exact) mass is 520 g/mol. The average Bonchev–Trinajstić information content (AvgIpc) is 2.84. The topological polar surface area (TPSA) is 112 Å². The molecule has 3 amide bonds. The molecule has 0 aliphatic heterocycles. The van der Waals surface area contributed by atoms with Gasteiger partial charge in [0.2, 0.25) is 5.91 Å². The number of aryl methyl sites for hydroxylation is 2. The molecule has 0 spiro atoms. The summed E-state index contributed by atoms with van der Waals surface area (Å²) in [5, 5.41) is 15.4. The maximum Gasteiger partial charge on any atom is 0.408 e. The number of alkyl carbamates (subject to hydrolysis) is 1. The number of benzene rings is 2. The third kappa shape index (κ3) is 7.82. The van der Waals surface area contributed by atoms with Crippen molar-refractivity contribution in [3.8, 4) is 6.07 Å². The number of nitrogens with one attached hydrogen (secondary N) is 2. The first-order valence-electron chi connectivity index (χ1n) is 12.9. The standard InChI is InChI=1S/C30H40N4O4/c1-9-19(2)25(33-29(37)38-30(6,7)8)28(36)34(18-17-31)26(23-15-12-14-20(3)22(23)5)27(35)32-24-16-11-10-13-21(24)4/h10-16,19,25-26H,9,18H2,1-8H3,(H,32,35)(H,33,37). The number of ether oxygens (including phenoxy) is 1. The maximum atomic E-state index is 14.1. The molecule has 0 aromatic heterocycles. The van der Waals surface area contributed by atoms with E-state index in [-0.39, 0.29) is 12.5 Å². The van der Waals surface area contributed by atoms with Crippen LogP contribution in [0.4, 0.5) is 10.5 Å². The van der Waals surface area contributed by atoms with Crippen LogP contribution in [0.2, 0.25) is 0 Å². The zero-order valence-electron chi connectivity index (χ0n) is 23.7. The van der Waals surface area contributed by atoms with Crippen LogP contribution in [0.25, 0.3) is 0 Å². The lowest BCUT2D eigenvalue weighted by Crippen LogP contribution is -2.55. The van der Waals surface area contributed by atoms with Gasteiger partial charge < -0.3 is 20.3 Å². The SMILES string of the molecule is CCC(C)C(NC(=O)OC(C)(C)C)C(=O)N(CC#N)C(C(=O)Nc1ccccc1C)c1cccc(C)c1C. The van der Waals surface area contributed by atoms with E-state index in [1.54, 1.807) is 32.9 Å². The molecule has 0 saturated heterocycles. The smallest absolute Gasteiger partial charge is 0.408 e. The predicted molar refractivity (Wildman–Crippen MR) is 148 cm³/mol. The van der Waals surface area contributed by atoms with Gasteiger partial charge in [0, 0.05) is 5.69 Å². The number of anilines is 1. The zero-order chi connectivity index (χ0) is 28.6. The van der Waals surface area contributed by atoms with Gasteiger partial charge in [-0.05, 0) is 75.8 Å². The number of carbonyl (C=O) groups excluding carboxylic acids is 3. The molecule has 2 rings (SSSR count). The molecule has 204 valence electrons. The van der Waals surface area contributed by atoms with Crippen LogP contribution in [0.5, 0.6) is 0 Å². The molecule has 3 unspecified atom stereocenters. The summed E-state index contributed by atoms with van der Waals surface area (Å²) >= 11 is 0. The third-order valence-corrected chi connectivity index (χ3v) is 6.58. The van der Waals surface area contributed by atoms with E-state index in [4.69, 9.17) is 4.74 Å². The lowest BCUT2D eigenvalue weighted by molar-refractivity contribution is -0.141. The minimum atomic E-state index is -1.10. The molecule has 0 radical (unpaired) electrons. The Morgan fingerprint density at radius 1 is 1.03 bits per heavy atom. The number of hydrogen-bond acceptors (Lipinski definition) is 5. The van der Waals surface area contributed by atoms with Crippen molar-refractivity contribution < 1.29 is 19.1 Å². The highest BCUT2D eigenvalue weighted by Crippen LogP contribution is 2.29. The summed E-state index contributed by atoms with van der Waals surface area (Å²) in [4.78, 5) is 41.9. The lowest BCUT2D eigenvalue weighted by atomic mass is 9.93. The van der Waals surface area contributed by atoms with Crippen LogP contribution in [-0.4, -0.2) is 41.0 Å². The molecule has 8 nitrogen and oxygen atoms in total. The van der Waals surface area contributed by atoms with Crippen LogP contribution in [0, 0.1) is 38.0 Å². The quantitative estimate of drug-likeness (QED) is 0.419. The summed E-state index contributed by atoms with van der Waals surface area (Å²) in [6.45, 7) is 14.3. The fourth-order valence-corrected chi connectivity index (χ4v) is 4.10. The second-order valence-corrected chi connectivity index (χ2v) is 10.6. The fraction of sp³-hybridized carbons (Fsp3) is 0.467. The maximum absolute atomic E-state index is 14.1. The van der Waals surface area contributed by atoms with Gasteiger partial charge in [0.05, 0.1) is 6.07 Å². The summed E-state index contributed by atoms with van der Waals surface area (Å²) in [6.07, 6.45) is -0.156. The van der Waals surface area contributed by atoms with Crippen LogP contribution in [-0.2, 0) is 14.3 Å². The van der Waals surface area contributed by atoms with Crippen LogP contribution in [0.1, 0.15) is 69.3 Å². The minimum Gasteiger partial charge on any atom is -0.444 e. The van der Waals surface area contributed by atoms with E-state index >= 15 is 0 Å². The molecule has 8 heteroatoms. The van der Waals surface area contributed by atoms with E-state index in [1.165, 1.54) is 4.90 Å². The summed E-state index contributed by atoms with van der Waals surface area (Å²) in [7, 11) is 0. The molecule has 0 saturated carbocycles. The number of nitriles is 1. The molecule has 2 aromatic rings. The van der Waals surface area contributed by atoms with Crippen LogP contribution in [0.3, 0.4) is 0 Å². The Kier molecular flexibility index (Phi) is 10.5. The molecule has 0 bridgehead atoms. The molecular formula is C30H40N4O4. The Morgan fingerprint density at radius 2 is 1.66 bits per heavy atom. The highest BCUT2D eigenvalue weighted by Gasteiger charge is 2.38. The zero-order valence-corrected chi connectivity index (χ0v) is 23.7. The first kappa shape index (κ1) is 30.4. The predicted octanol–water partition coefficient (Wildman–Crippen LogP) is 5.58. The van der Waals surface area contributed by atoms with Gasteiger partial charge in [-0.1, -0.05) is 56.7 Å². The average molecular weight is 521 g/mol. The van der Waals surface area contributed by atoms with Crippen molar-refractivity contribution in [2.75, 3.05) is 11.9 Å². The van der Waals surface area contributed by atoms with Gasteiger partial charge in [0.15, 0.2) is 0 Å². The van der Waals surface area contributed by atoms with E-state index in [9.17, 15) is 19.6 Å². The first-order chi connectivity index (χ1) is 17.8. The summed E-state index contributed by atoms with van der Waals surface area (Å²) in [6, 6.07) is 12.8. The van der Waals surface area contributed by atoms with Gasteiger partial charge in [-0.25, -0.2) is 4.79 Å². The Hall–Kier alpha value is -3.86. The molecule has 0 fully saturated rings. The third-order valence-electron chi connectivity index (χ3n) is 6.58. The normalized spacial score (nSPS) is 13.4. The molecular weight excluding hydrogens is 480 g/mol. The first-order valence-corrected chi connectivity index (χ1v) is 12.9. The molecule has 0 heterocycles. The van der Waals surface area contributed by atoms with E-state index < -0.39 is 35.6 Å². The number of nitrogens with zero attached hydrogens (tertiary/aromatic N) is 2. The van der Waals surface area contributed by atoms with Crippen molar-refractivity contribution in [1.82, 2.24) is 10.2 Å². The second-order valence-electron chi connectivity index (χ2n) is 10.6. The summed E-state index contributed by atoms with van der Waals surface area (Å²) in [5.74, 6) is -1.26. The highest BCUT2D eigenvalue weighted by atomic mass is 16.6. The van der Waals surface area contributed by atoms with Crippen LogP contribution < -0.4 is 10.6 Å². The van der Waals surface area contributed by atoms with Crippen molar-refractivity contribution in [2.45, 2.75) is 79.5 Å². The van der Waals surface area contributed by atoms with E-state index in [1.807, 2.05) is 71.0 Å². The Labute approximate surface area is 226 Å². The number of rotatable bonds is 9. The summed E-state index contributed by atoms with van der Waals surface area (Å²) < 4.78 is 5.41. The molecule has 0 aliphatic rings. The van der Waals surface area contributed by atoms with Gasteiger partial charge in [-0.3, -0.25) is 9.59 Å². The fourth-order valence-electron chi connectivity index (χ4n) is 4.10. The van der Waals surface area contributed by atoms with Crippen LogP contribution >= 0.6 is 0 Å². The number of carbonyl (C=O) groups is 3. The van der Waals surface area contributed by atoms with Crippen molar-refractivity contribution in [3.05, 3.63) is 64.7 Å². The molecule has 38 heavy (non-hydrogen) atoms. The lowest BCUT2D eigenvalue weighted by Gasteiger charge is -2.35. The van der Waals surface area contributed by atoms with Crippen molar-refractivity contribution in [2.24, 2.45) is 5.92 Å². The van der Waals surface area contributed by atoms with Crippen molar-refractivity contribution in [1.29, 1.82) is 5.26 Å². The van der Waals surface area contributed by atoms with Gasteiger partial charge in [0.25, 0.3) is 5.91 Å². The van der Waals surface area contributed by atoms with Crippen molar-refractivity contribution >= 4 is 23.6 Å².